The maximum atomic E-state index is 10.6. The number of nitrogens with one attached hydrogen (secondary N) is 1. The number of piperidine rings is 1. The number of amides is 1. The first kappa shape index (κ1) is 5.70. The lowest BCUT2D eigenvalue weighted by Gasteiger charge is -2.18. The van der Waals surface area contributed by atoms with E-state index in [9.17, 15) is 4.79 Å². The first-order valence-corrected chi connectivity index (χ1v) is 3.39. The Bertz CT molecular complexity index is 200. The van der Waals surface area contributed by atoms with Crippen molar-refractivity contribution in [3.8, 4) is 0 Å². The van der Waals surface area contributed by atoms with Gasteiger partial charge in [0.25, 0.3) is 0 Å². The Morgan fingerprint density at radius 2 is 2.60 bits per heavy atom. The van der Waals surface area contributed by atoms with Crippen molar-refractivity contribution in [3.05, 3.63) is 0 Å². The molecule has 1 N–H and O–H groups in total. The Balaban J connectivity index is 2.17. The van der Waals surface area contributed by atoms with Crippen LogP contribution in [0.5, 0.6) is 0 Å². The number of aliphatic imine (C=N–C) groups is 1. The number of hydrogen-bond acceptors (Lipinski definition) is 3. The molecule has 0 bridgehead atoms. The van der Waals surface area contributed by atoms with E-state index in [-0.39, 0.29) is 6.10 Å². The Morgan fingerprint density at radius 3 is 3.40 bits per heavy atom. The molecular weight excluding hydrogens is 132 g/mol. The summed E-state index contributed by atoms with van der Waals surface area (Å²) in [7, 11) is 0. The summed E-state index contributed by atoms with van der Waals surface area (Å²) in [5.41, 5.74) is 0. The maximum Gasteiger partial charge on any atom is 0.436 e. The van der Waals surface area contributed by atoms with Crippen LogP contribution in [0, 0.1) is 0 Å². The van der Waals surface area contributed by atoms with Gasteiger partial charge in [0.2, 0.25) is 0 Å². The van der Waals surface area contributed by atoms with Gasteiger partial charge in [-0.3, -0.25) is 0 Å². The zero-order valence-corrected chi connectivity index (χ0v) is 5.46. The lowest BCUT2D eigenvalue weighted by Crippen LogP contribution is -2.38. The van der Waals surface area contributed by atoms with Crippen LogP contribution in [0.1, 0.15) is 12.8 Å². The molecule has 1 atom stereocenters. The minimum atomic E-state index is -0.450. The van der Waals surface area contributed by atoms with Gasteiger partial charge in [0.15, 0.2) is 11.9 Å². The molecule has 1 fully saturated rings. The summed E-state index contributed by atoms with van der Waals surface area (Å²) in [5, 5.41) is 3.02. The van der Waals surface area contributed by atoms with Gasteiger partial charge in [-0.2, -0.15) is 4.99 Å². The maximum absolute atomic E-state index is 10.6. The Hall–Kier alpha value is -1.06. The van der Waals surface area contributed by atoms with Crippen molar-refractivity contribution in [2.75, 3.05) is 6.54 Å². The van der Waals surface area contributed by atoms with Crippen molar-refractivity contribution >= 4 is 11.9 Å². The summed E-state index contributed by atoms with van der Waals surface area (Å²) in [6, 6.07) is 0. The quantitative estimate of drug-likeness (QED) is 0.526. The zero-order valence-electron chi connectivity index (χ0n) is 5.46. The highest BCUT2D eigenvalue weighted by molar-refractivity contribution is 6.00. The van der Waals surface area contributed by atoms with Crippen LogP contribution in [0.15, 0.2) is 4.99 Å². The van der Waals surface area contributed by atoms with E-state index in [1.807, 2.05) is 0 Å². The molecule has 0 aliphatic carbocycles. The minimum Gasteiger partial charge on any atom is -0.436 e. The third-order valence-electron chi connectivity index (χ3n) is 1.71. The first-order valence-electron chi connectivity index (χ1n) is 3.39. The lowest BCUT2D eigenvalue weighted by molar-refractivity contribution is 0.140. The van der Waals surface area contributed by atoms with E-state index in [0.717, 1.165) is 25.2 Å². The molecule has 10 heavy (non-hydrogen) atoms. The average molecular weight is 140 g/mol. The van der Waals surface area contributed by atoms with Gasteiger partial charge in [-0.05, 0) is 12.8 Å². The molecule has 4 nitrogen and oxygen atoms in total. The van der Waals surface area contributed by atoms with Gasteiger partial charge in [0, 0.05) is 6.54 Å². The Labute approximate surface area is 58.3 Å². The SMILES string of the molecule is O=C1N=C2NCCCC2O1. The normalized spacial score (nSPS) is 30.2. The summed E-state index contributed by atoms with van der Waals surface area (Å²) in [6.07, 6.45) is 1.45. The molecular formula is C6H8N2O2. The fourth-order valence-electron chi connectivity index (χ4n) is 1.23. The van der Waals surface area contributed by atoms with Gasteiger partial charge < -0.3 is 10.1 Å². The Kier molecular flexibility index (Phi) is 1.12. The highest BCUT2D eigenvalue weighted by atomic mass is 16.6. The van der Waals surface area contributed by atoms with E-state index in [4.69, 9.17) is 4.74 Å². The highest BCUT2D eigenvalue weighted by Crippen LogP contribution is 2.14. The number of ether oxygens (including phenoxy) is 1. The van der Waals surface area contributed by atoms with Crippen LogP contribution in [0.2, 0.25) is 0 Å². The van der Waals surface area contributed by atoms with Crippen molar-refractivity contribution in [1.29, 1.82) is 0 Å². The van der Waals surface area contributed by atoms with Crippen LogP contribution in [0.25, 0.3) is 0 Å². The molecule has 2 aliphatic rings. The number of amidine groups is 1. The minimum absolute atomic E-state index is 0.0683. The zero-order chi connectivity index (χ0) is 6.97. The number of carbonyl (C=O) groups excluding carboxylic acids is 1. The first-order chi connectivity index (χ1) is 4.86. The van der Waals surface area contributed by atoms with E-state index in [1.165, 1.54) is 0 Å². The van der Waals surface area contributed by atoms with Gasteiger partial charge in [0.05, 0.1) is 0 Å². The average Bonchev–Trinajstić information content (AvgIpc) is 2.27. The molecule has 0 aromatic rings. The number of rotatable bonds is 0. The molecule has 54 valence electrons. The molecule has 1 amide bonds. The van der Waals surface area contributed by atoms with Gasteiger partial charge in [-0.15, -0.1) is 0 Å². The molecule has 4 heteroatoms. The number of nitrogens with zero attached hydrogens (tertiary/aromatic N) is 1. The molecule has 0 spiro atoms. The molecule has 1 unspecified atom stereocenters. The summed E-state index contributed by atoms with van der Waals surface area (Å²) in [5.74, 6) is 0.719. The van der Waals surface area contributed by atoms with Crippen LogP contribution >= 0.6 is 0 Å². The van der Waals surface area contributed by atoms with Crippen molar-refractivity contribution < 1.29 is 9.53 Å². The summed E-state index contributed by atoms with van der Waals surface area (Å²) >= 11 is 0. The molecule has 0 aromatic heterocycles. The molecule has 2 rings (SSSR count). The molecule has 1 saturated heterocycles. The summed E-state index contributed by atoms with van der Waals surface area (Å²) in [4.78, 5) is 14.2. The second-order valence-electron chi connectivity index (χ2n) is 2.44. The van der Waals surface area contributed by atoms with E-state index >= 15 is 0 Å². The van der Waals surface area contributed by atoms with Gasteiger partial charge in [-0.25, -0.2) is 4.79 Å². The molecule has 0 radical (unpaired) electrons. The van der Waals surface area contributed by atoms with Crippen LogP contribution < -0.4 is 5.32 Å². The van der Waals surface area contributed by atoms with E-state index < -0.39 is 6.09 Å². The highest BCUT2D eigenvalue weighted by Gasteiger charge is 2.29. The summed E-state index contributed by atoms with van der Waals surface area (Å²) in [6.45, 7) is 0.909. The van der Waals surface area contributed by atoms with Gasteiger partial charge >= 0.3 is 6.09 Å². The van der Waals surface area contributed by atoms with Crippen LogP contribution in [-0.4, -0.2) is 24.6 Å². The Morgan fingerprint density at radius 1 is 1.70 bits per heavy atom. The number of carbonyl (C=O) groups is 1. The monoisotopic (exact) mass is 140 g/mol. The largest absolute Gasteiger partial charge is 0.436 e. The second-order valence-corrected chi connectivity index (χ2v) is 2.44. The van der Waals surface area contributed by atoms with Crippen molar-refractivity contribution in [2.45, 2.75) is 18.9 Å². The fourth-order valence-corrected chi connectivity index (χ4v) is 1.23. The standard InChI is InChI=1S/C6H8N2O2/c9-6-8-5-4(10-6)2-1-3-7-5/h4H,1-3H2,(H,7,8,9). The van der Waals surface area contributed by atoms with Gasteiger partial charge in [-0.1, -0.05) is 0 Å². The van der Waals surface area contributed by atoms with Crippen molar-refractivity contribution in [1.82, 2.24) is 5.32 Å². The van der Waals surface area contributed by atoms with E-state index in [0.29, 0.717) is 0 Å². The van der Waals surface area contributed by atoms with E-state index in [1.54, 1.807) is 0 Å². The number of fused-ring (bicyclic) bond motifs is 1. The fraction of sp³-hybridized carbons (Fsp3) is 0.667. The topological polar surface area (TPSA) is 50.7 Å². The molecule has 0 aromatic carbocycles. The van der Waals surface area contributed by atoms with Crippen LogP contribution in [-0.2, 0) is 4.74 Å². The van der Waals surface area contributed by atoms with Crippen molar-refractivity contribution in [2.24, 2.45) is 4.99 Å². The molecule has 2 heterocycles. The lowest BCUT2D eigenvalue weighted by atomic mass is 10.1. The molecule has 2 aliphatic heterocycles. The second kappa shape index (κ2) is 1.97. The van der Waals surface area contributed by atoms with Crippen LogP contribution in [0.4, 0.5) is 4.79 Å². The van der Waals surface area contributed by atoms with Crippen molar-refractivity contribution in [3.63, 3.8) is 0 Å². The summed E-state index contributed by atoms with van der Waals surface area (Å²) < 4.78 is 4.86. The van der Waals surface area contributed by atoms with Gasteiger partial charge in [0.1, 0.15) is 0 Å². The smallest absolute Gasteiger partial charge is 0.436 e. The third kappa shape index (κ3) is 0.761. The third-order valence-corrected chi connectivity index (χ3v) is 1.71. The number of hydrogen-bond donors (Lipinski definition) is 1. The molecule has 0 saturated carbocycles. The van der Waals surface area contributed by atoms with E-state index in [2.05, 4.69) is 10.3 Å². The predicted molar refractivity (Wildman–Crippen MR) is 34.9 cm³/mol. The predicted octanol–water partition coefficient (Wildman–Crippen LogP) is 0.287. The van der Waals surface area contributed by atoms with Crippen LogP contribution in [0.3, 0.4) is 0 Å².